The number of carbonyl (C=O) groups is 2. The number of hydrogen-bond acceptors (Lipinski definition) is 3. The number of rotatable bonds is 6. The summed E-state index contributed by atoms with van der Waals surface area (Å²) in [5, 5.41) is 11.8. The molecule has 0 aromatic heterocycles. The summed E-state index contributed by atoms with van der Waals surface area (Å²) < 4.78 is 0. The van der Waals surface area contributed by atoms with Gasteiger partial charge < -0.3 is 10.4 Å². The van der Waals surface area contributed by atoms with Crippen LogP contribution in [0.5, 0.6) is 0 Å². The fourth-order valence-electron chi connectivity index (χ4n) is 1.51. The van der Waals surface area contributed by atoms with Crippen molar-refractivity contribution in [2.75, 3.05) is 11.9 Å². The Morgan fingerprint density at radius 2 is 2.12 bits per heavy atom. The lowest BCUT2D eigenvalue weighted by atomic mass is 10.1. The van der Waals surface area contributed by atoms with Gasteiger partial charge in [0.25, 0.3) is 0 Å². The first-order chi connectivity index (χ1) is 7.99. The minimum atomic E-state index is -0.795. The summed E-state index contributed by atoms with van der Waals surface area (Å²) >= 11 is 0. The average Bonchev–Trinajstić information content (AvgIpc) is 2.26. The number of ketones is 1. The van der Waals surface area contributed by atoms with Crippen LogP contribution >= 0.6 is 0 Å². The van der Waals surface area contributed by atoms with Crippen LogP contribution in [0.2, 0.25) is 0 Å². The number of benzene rings is 1. The molecule has 4 nitrogen and oxygen atoms in total. The van der Waals surface area contributed by atoms with Gasteiger partial charge in [0.15, 0.2) is 5.78 Å². The molecule has 0 aliphatic rings. The van der Waals surface area contributed by atoms with E-state index in [4.69, 9.17) is 5.11 Å². The number of Topliss-reactive ketones (excluding diaryl/α,β-unsaturated/α-hetero) is 1. The number of carbonyl (C=O) groups excluding carboxylic acids is 1. The van der Waals surface area contributed by atoms with Crippen LogP contribution in [0.15, 0.2) is 24.3 Å². The molecule has 0 aliphatic heterocycles. The number of nitrogens with one attached hydrogen (secondary N) is 1. The van der Waals surface area contributed by atoms with E-state index in [2.05, 4.69) is 5.32 Å². The molecule has 1 aromatic carbocycles. The van der Waals surface area contributed by atoms with Gasteiger partial charge in [0.05, 0.1) is 0 Å². The molecule has 0 radical (unpaired) electrons. The van der Waals surface area contributed by atoms with E-state index >= 15 is 0 Å². The summed E-state index contributed by atoms with van der Waals surface area (Å²) in [5.74, 6) is -0.725. The first-order valence-corrected chi connectivity index (χ1v) is 5.55. The highest BCUT2D eigenvalue weighted by molar-refractivity contribution is 5.94. The van der Waals surface area contributed by atoms with Gasteiger partial charge >= 0.3 is 5.97 Å². The summed E-state index contributed by atoms with van der Waals surface area (Å²) in [6.45, 7) is 3.97. The van der Waals surface area contributed by atoms with Crippen LogP contribution in [0.4, 0.5) is 5.69 Å². The normalized spacial score (nSPS) is 11.9. The summed E-state index contributed by atoms with van der Waals surface area (Å²) in [7, 11) is 0. The number of aliphatic carboxylic acids is 1. The Labute approximate surface area is 101 Å². The summed E-state index contributed by atoms with van der Waals surface area (Å²) in [6.07, 6.45) is 0.138. The Kier molecular flexibility index (Phi) is 4.69. The van der Waals surface area contributed by atoms with Crippen LogP contribution in [0.25, 0.3) is 0 Å². The minimum Gasteiger partial charge on any atom is -0.481 e. The smallest absolute Gasteiger partial charge is 0.303 e. The van der Waals surface area contributed by atoms with Crippen molar-refractivity contribution in [1.82, 2.24) is 0 Å². The highest BCUT2D eigenvalue weighted by Gasteiger charge is 2.07. The number of hydrogen-bond donors (Lipinski definition) is 2. The summed E-state index contributed by atoms with van der Waals surface area (Å²) in [5.41, 5.74) is 1.50. The molecule has 0 heterocycles. The van der Waals surface area contributed by atoms with E-state index in [9.17, 15) is 9.59 Å². The summed E-state index contributed by atoms with van der Waals surface area (Å²) in [6, 6.07) is 7.20. The third-order valence-corrected chi connectivity index (χ3v) is 2.45. The Hall–Kier alpha value is -1.84. The standard InChI is InChI=1S/C13H17NO3/c1-9(6-13(16)17)8-14-12-5-3-4-11(7-12)10(2)15/h3-5,7,9,14H,6,8H2,1-2H3,(H,16,17). The van der Waals surface area contributed by atoms with E-state index < -0.39 is 5.97 Å². The predicted octanol–water partition coefficient (Wildman–Crippen LogP) is 2.41. The Bertz CT molecular complexity index is 415. The van der Waals surface area contributed by atoms with Gasteiger partial charge in [-0.2, -0.15) is 0 Å². The lowest BCUT2D eigenvalue weighted by Crippen LogP contribution is -2.15. The SMILES string of the molecule is CC(=O)c1cccc(NCC(C)CC(=O)O)c1. The highest BCUT2D eigenvalue weighted by Crippen LogP contribution is 2.12. The van der Waals surface area contributed by atoms with Crippen molar-refractivity contribution in [3.05, 3.63) is 29.8 Å². The van der Waals surface area contributed by atoms with Crippen LogP contribution in [0.3, 0.4) is 0 Å². The Balaban J connectivity index is 2.54. The molecule has 4 heteroatoms. The number of anilines is 1. The largest absolute Gasteiger partial charge is 0.481 e. The van der Waals surface area contributed by atoms with Crippen molar-refractivity contribution >= 4 is 17.4 Å². The lowest BCUT2D eigenvalue weighted by molar-refractivity contribution is -0.137. The lowest BCUT2D eigenvalue weighted by Gasteiger charge is -2.11. The minimum absolute atomic E-state index is 0.0206. The Morgan fingerprint density at radius 3 is 2.71 bits per heavy atom. The maximum Gasteiger partial charge on any atom is 0.303 e. The number of carboxylic acid groups (broad SMARTS) is 1. The molecule has 92 valence electrons. The van der Waals surface area contributed by atoms with E-state index in [0.29, 0.717) is 12.1 Å². The van der Waals surface area contributed by atoms with Gasteiger partial charge in [0, 0.05) is 24.2 Å². The van der Waals surface area contributed by atoms with Gasteiger partial charge in [-0.3, -0.25) is 9.59 Å². The molecule has 0 fully saturated rings. The topological polar surface area (TPSA) is 66.4 Å². The van der Waals surface area contributed by atoms with Crippen molar-refractivity contribution in [2.45, 2.75) is 20.3 Å². The molecular weight excluding hydrogens is 218 g/mol. The van der Waals surface area contributed by atoms with Crippen molar-refractivity contribution in [1.29, 1.82) is 0 Å². The summed E-state index contributed by atoms with van der Waals surface area (Å²) in [4.78, 5) is 21.7. The monoisotopic (exact) mass is 235 g/mol. The second-order valence-electron chi connectivity index (χ2n) is 4.22. The molecule has 0 amide bonds. The molecule has 0 saturated carbocycles. The first-order valence-electron chi connectivity index (χ1n) is 5.55. The van der Waals surface area contributed by atoms with Crippen molar-refractivity contribution in [2.24, 2.45) is 5.92 Å². The van der Waals surface area contributed by atoms with E-state index in [-0.39, 0.29) is 18.1 Å². The quantitative estimate of drug-likeness (QED) is 0.743. The fourth-order valence-corrected chi connectivity index (χ4v) is 1.51. The molecule has 1 aromatic rings. The molecule has 0 bridgehead atoms. The van der Waals surface area contributed by atoms with Gasteiger partial charge in [0.2, 0.25) is 0 Å². The molecule has 0 saturated heterocycles. The molecule has 1 unspecified atom stereocenters. The number of carboxylic acids is 1. The van der Waals surface area contributed by atoms with Crippen LogP contribution in [-0.2, 0) is 4.79 Å². The molecule has 0 aliphatic carbocycles. The second kappa shape index (κ2) is 6.03. The zero-order valence-corrected chi connectivity index (χ0v) is 10.1. The Morgan fingerprint density at radius 1 is 1.41 bits per heavy atom. The van der Waals surface area contributed by atoms with Crippen molar-refractivity contribution in [3.8, 4) is 0 Å². The molecule has 1 atom stereocenters. The van der Waals surface area contributed by atoms with Crippen LogP contribution in [-0.4, -0.2) is 23.4 Å². The molecule has 17 heavy (non-hydrogen) atoms. The zero-order chi connectivity index (χ0) is 12.8. The predicted molar refractivity (Wildman–Crippen MR) is 66.4 cm³/mol. The highest BCUT2D eigenvalue weighted by atomic mass is 16.4. The van der Waals surface area contributed by atoms with Crippen molar-refractivity contribution < 1.29 is 14.7 Å². The van der Waals surface area contributed by atoms with E-state index in [1.54, 1.807) is 18.2 Å². The van der Waals surface area contributed by atoms with Gasteiger partial charge in [-0.05, 0) is 25.0 Å². The molecule has 2 N–H and O–H groups in total. The zero-order valence-electron chi connectivity index (χ0n) is 10.1. The van der Waals surface area contributed by atoms with Crippen LogP contribution in [0, 0.1) is 5.92 Å². The van der Waals surface area contributed by atoms with Crippen molar-refractivity contribution in [3.63, 3.8) is 0 Å². The van der Waals surface area contributed by atoms with E-state index in [0.717, 1.165) is 5.69 Å². The first kappa shape index (κ1) is 13.2. The second-order valence-corrected chi connectivity index (χ2v) is 4.22. The van der Waals surface area contributed by atoms with Gasteiger partial charge in [-0.25, -0.2) is 0 Å². The van der Waals surface area contributed by atoms with E-state index in [1.165, 1.54) is 6.92 Å². The third-order valence-electron chi connectivity index (χ3n) is 2.45. The van der Waals surface area contributed by atoms with Crippen LogP contribution in [0.1, 0.15) is 30.6 Å². The van der Waals surface area contributed by atoms with Crippen LogP contribution < -0.4 is 5.32 Å². The molecule has 0 spiro atoms. The van der Waals surface area contributed by atoms with E-state index in [1.807, 2.05) is 13.0 Å². The van der Waals surface area contributed by atoms with Gasteiger partial charge in [-0.15, -0.1) is 0 Å². The molecular formula is C13H17NO3. The van der Waals surface area contributed by atoms with Gasteiger partial charge in [0.1, 0.15) is 0 Å². The maximum absolute atomic E-state index is 11.2. The fraction of sp³-hybridized carbons (Fsp3) is 0.385. The maximum atomic E-state index is 11.2. The molecule has 1 rings (SSSR count). The third kappa shape index (κ3) is 4.68. The average molecular weight is 235 g/mol. The van der Waals surface area contributed by atoms with Gasteiger partial charge in [-0.1, -0.05) is 19.1 Å².